The first-order valence-electron chi connectivity index (χ1n) is 7.42. The average Bonchev–Trinajstić information content (AvgIpc) is 2.36. The van der Waals surface area contributed by atoms with Crippen LogP contribution in [0.2, 0.25) is 0 Å². The van der Waals surface area contributed by atoms with E-state index in [1.54, 1.807) is 0 Å². The van der Waals surface area contributed by atoms with Gasteiger partial charge in [-0.25, -0.2) is 0 Å². The number of likely N-dealkylation sites (tertiary alicyclic amines) is 1. The summed E-state index contributed by atoms with van der Waals surface area (Å²) in [5.41, 5.74) is 0.168. The third kappa shape index (κ3) is 3.28. The quantitative estimate of drug-likeness (QED) is 0.836. The van der Waals surface area contributed by atoms with E-state index in [1.807, 2.05) is 4.90 Å². The number of rotatable bonds is 2. The van der Waals surface area contributed by atoms with Gasteiger partial charge in [0.2, 0.25) is 5.91 Å². The molecule has 2 rings (SSSR count). The molecule has 1 aliphatic carbocycles. The van der Waals surface area contributed by atoms with Crippen LogP contribution in [0.25, 0.3) is 0 Å². The fraction of sp³-hybridized carbons (Fsp3) is 0.867. The number of aliphatic carboxylic acids is 1. The van der Waals surface area contributed by atoms with Crippen LogP contribution in [0.1, 0.15) is 52.4 Å². The Labute approximate surface area is 115 Å². The molecule has 2 atom stereocenters. The molecule has 1 saturated heterocycles. The van der Waals surface area contributed by atoms with Crippen molar-refractivity contribution in [2.75, 3.05) is 13.1 Å². The molecule has 2 fully saturated rings. The summed E-state index contributed by atoms with van der Waals surface area (Å²) >= 11 is 0. The zero-order valence-electron chi connectivity index (χ0n) is 12.0. The van der Waals surface area contributed by atoms with E-state index in [1.165, 1.54) is 0 Å². The van der Waals surface area contributed by atoms with Crippen molar-refractivity contribution in [2.45, 2.75) is 52.4 Å². The molecule has 0 unspecified atom stereocenters. The molecule has 0 aromatic rings. The molecule has 1 saturated carbocycles. The molecule has 4 heteroatoms. The second-order valence-corrected chi connectivity index (χ2v) is 6.86. The predicted octanol–water partition coefficient (Wildman–Crippen LogP) is 2.53. The summed E-state index contributed by atoms with van der Waals surface area (Å²) in [5.74, 6) is -1.47. The minimum Gasteiger partial charge on any atom is -0.481 e. The molecule has 0 aromatic heterocycles. The van der Waals surface area contributed by atoms with E-state index in [0.717, 1.165) is 45.2 Å². The van der Waals surface area contributed by atoms with Gasteiger partial charge in [-0.05, 0) is 31.1 Å². The summed E-state index contributed by atoms with van der Waals surface area (Å²) in [4.78, 5) is 25.8. The Bertz CT molecular complexity index is 364. The van der Waals surface area contributed by atoms with Gasteiger partial charge in [0.25, 0.3) is 0 Å². The Morgan fingerprint density at radius 3 is 2.32 bits per heavy atom. The van der Waals surface area contributed by atoms with Crippen LogP contribution in [0.5, 0.6) is 0 Å². The van der Waals surface area contributed by atoms with Crippen molar-refractivity contribution < 1.29 is 14.7 Å². The van der Waals surface area contributed by atoms with Crippen LogP contribution in [-0.2, 0) is 9.59 Å². The van der Waals surface area contributed by atoms with E-state index >= 15 is 0 Å². The maximum absolute atomic E-state index is 12.6. The minimum absolute atomic E-state index is 0.0832. The molecule has 108 valence electrons. The minimum atomic E-state index is -0.797. The van der Waals surface area contributed by atoms with E-state index in [0.29, 0.717) is 6.42 Å². The van der Waals surface area contributed by atoms with E-state index in [9.17, 15) is 14.7 Å². The molecule has 0 spiro atoms. The van der Waals surface area contributed by atoms with Gasteiger partial charge < -0.3 is 10.0 Å². The van der Waals surface area contributed by atoms with Gasteiger partial charge in [0.05, 0.1) is 11.8 Å². The number of carbonyl (C=O) groups is 2. The van der Waals surface area contributed by atoms with Crippen LogP contribution in [-0.4, -0.2) is 35.0 Å². The predicted molar refractivity (Wildman–Crippen MR) is 72.7 cm³/mol. The number of piperidine rings is 1. The van der Waals surface area contributed by atoms with Crippen molar-refractivity contribution in [3.63, 3.8) is 0 Å². The fourth-order valence-corrected chi connectivity index (χ4v) is 3.57. The molecular formula is C15H25NO3. The summed E-state index contributed by atoms with van der Waals surface area (Å²) < 4.78 is 0. The van der Waals surface area contributed by atoms with Gasteiger partial charge in [0.15, 0.2) is 0 Å². The largest absolute Gasteiger partial charge is 0.481 e. The lowest BCUT2D eigenvalue weighted by Gasteiger charge is -2.41. The molecular weight excluding hydrogens is 242 g/mol. The van der Waals surface area contributed by atoms with E-state index in [2.05, 4.69) is 13.8 Å². The van der Waals surface area contributed by atoms with Gasteiger partial charge >= 0.3 is 5.97 Å². The summed E-state index contributed by atoms with van der Waals surface area (Å²) in [7, 11) is 0. The van der Waals surface area contributed by atoms with Crippen molar-refractivity contribution in [3.8, 4) is 0 Å². The summed E-state index contributed by atoms with van der Waals surface area (Å²) in [6, 6.07) is 0. The second kappa shape index (κ2) is 5.51. The lowest BCUT2D eigenvalue weighted by atomic mass is 9.77. The summed E-state index contributed by atoms with van der Waals surface area (Å²) in [5, 5.41) is 9.29. The van der Waals surface area contributed by atoms with E-state index < -0.39 is 11.9 Å². The number of hydrogen-bond acceptors (Lipinski definition) is 2. The lowest BCUT2D eigenvalue weighted by Crippen LogP contribution is -2.48. The van der Waals surface area contributed by atoms with Gasteiger partial charge in [-0.15, -0.1) is 0 Å². The highest BCUT2D eigenvalue weighted by molar-refractivity contribution is 5.85. The van der Waals surface area contributed by atoms with Crippen molar-refractivity contribution in [1.82, 2.24) is 4.90 Å². The molecule has 19 heavy (non-hydrogen) atoms. The van der Waals surface area contributed by atoms with E-state index in [-0.39, 0.29) is 17.2 Å². The zero-order valence-corrected chi connectivity index (χ0v) is 12.0. The normalized spacial score (nSPS) is 30.9. The van der Waals surface area contributed by atoms with Crippen molar-refractivity contribution in [3.05, 3.63) is 0 Å². The fourth-order valence-electron chi connectivity index (χ4n) is 3.57. The Morgan fingerprint density at radius 2 is 1.74 bits per heavy atom. The molecule has 2 aliphatic rings. The zero-order chi connectivity index (χ0) is 14.0. The SMILES string of the molecule is CC1(C)CCCN(C(=O)[C@@H]2CCCC[C@@H]2C(=O)O)C1. The highest BCUT2D eigenvalue weighted by Crippen LogP contribution is 2.35. The van der Waals surface area contributed by atoms with Crippen LogP contribution < -0.4 is 0 Å². The van der Waals surface area contributed by atoms with Crippen LogP contribution in [0, 0.1) is 17.3 Å². The molecule has 4 nitrogen and oxygen atoms in total. The monoisotopic (exact) mass is 267 g/mol. The van der Waals surface area contributed by atoms with Crippen LogP contribution in [0.4, 0.5) is 0 Å². The van der Waals surface area contributed by atoms with E-state index in [4.69, 9.17) is 0 Å². The molecule has 0 aromatic carbocycles. The Balaban J connectivity index is 2.06. The van der Waals surface area contributed by atoms with Gasteiger partial charge in [-0.2, -0.15) is 0 Å². The Kier molecular flexibility index (Phi) is 4.16. The topological polar surface area (TPSA) is 57.6 Å². The van der Waals surface area contributed by atoms with Crippen molar-refractivity contribution in [1.29, 1.82) is 0 Å². The summed E-state index contributed by atoms with van der Waals surface area (Å²) in [6.45, 7) is 5.93. The smallest absolute Gasteiger partial charge is 0.307 e. The molecule has 1 aliphatic heterocycles. The highest BCUT2D eigenvalue weighted by atomic mass is 16.4. The standard InChI is InChI=1S/C15H25NO3/c1-15(2)8-5-9-16(10-15)13(17)11-6-3-4-7-12(11)14(18)19/h11-12H,3-10H2,1-2H3,(H,18,19)/t11-,12+/m1/s1. The first kappa shape index (κ1) is 14.4. The summed E-state index contributed by atoms with van der Waals surface area (Å²) in [6.07, 6.45) is 5.49. The molecule has 1 N–H and O–H groups in total. The second-order valence-electron chi connectivity index (χ2n) is 6.86. The maximum atomic E-state index is 12.6. The number of hydrogen-bond donors (Lipinski definition) is 1. The van der Waals surface area contributed by atoms with Crippen molar-refractivity contribution >= 4 is 11.9 Å². The van der Waals surface area contributed by atoms with Gasteiger partial charge in [-0.1, -0.05) is 26.7 Å². The van der Waals surface area contributed by atoms with Crippen LogP contribution in [0.15, 0.2) is 0 Å². The number of amides is 1. The number of carbonyl (C=O) groups excluding carboxylic acids is 1. The van der Waals surface area contributed by atoms with Crippen LogP contribution >= 0.6 is 0 Å². The number of nitrogens with zero attached hydrogens (tertiary/aromatic N) is 1. The number of carboxylic acids is 1. The highest BCUT2D eigenvalue weighted by Gasteiger charge is 2.39. The molecule has 0 radical (unpaired) electrons. The molecule has 1 heterocycles. The lowest BCUT2D eigenvalue weighted by molar-refractivity contribution is -0.153. The Morgan fingerprint density at radius 1 is 1.11 bits per heavy atom. The molecule has 0 bridgehead atoms. The van der Waals surface area contributed by atoms with Gasteiger partial charge in [-0.3, -0.25) is 9.59 Å². The van der Waals surface area contributed by atoms with Crippen molar-refractivity contribution in [2.24, 2.45) is 17.3 Å². The first-order valence-corrected chi connectivity index (χ1v) is 7.42. The third-order valence-corrected chi connectivity index (χ3v) is 4.61. The number of carboxylic acid groups (broad SMARTS) is 1. The van der Waals surface area contributed by atoms with Gasteiger partial charge in [0.1, 0.15) is 0 Å². The first-order chi connectivity index (χ1) is 8.91. The average molecular weight is 267 g/mol. The van der Waals surface area contributed by atoms with Gasteiger partial charge in [0, 0.05) is 13.1 Å². The maximum Gasteiger partial charge on any atom is 0.307 e. The molecule has 1 amide bonds. The third-order valence-electron chi connectivity index (χ3n) is 4.61. The Hall–Kier alpha value is -1.06. The van der Waals surface area contributed by atoms with Crippen LogP contribution in [0.3, 0.4) is 0 Å².